The number of aromatic nitrogens is 2. The van der Waals surface area contributed by atoms with Gasteiger partial charge in [-0.15, -0.1) is 11.3 Å². The quantitative estimate of drug-likeness (QED) is 0.550. The van der Waals surface area contributed by atoms with Crippen LogP contribution in [0.4, 0.5) is 0 Å². The third-order valence-electron chi connectivity index (χ3n) is 5.37. The van der Waals surface area contributed by atoms with E-state index in [1.807, 2.05) is 19.9 Å². The summed E-state index contributed by atoms with van der Waals surface area (Å²) in [4.78, 5) is 24.1. The molecular weight excluding hydrogens is 410 g/mol. The molecule has 2 aromatic heterocycles. The van der Waals surface area contributed by atoms with Gasteiger partial charge in [-0.3, -0.25) is 4.79 Å². The largest absolute Gasteiger partial charge is 0.395 e. The zero-order valence-electron chi connectivity index (χ0n) is 17.7. The van der Waals surface area contributed by atoms with Crippen molar-refractivity contribution in [3.63, 3.8) is 0 Å². The lowest BCUT2D eigenvalue weighted by atomic mass is 10.0. The van der Waals surface area contributed by atoms with Gasteiger partial charge in [0.05, 0.1) is 28.3 Å². The average molecular weight is 440 g/mol. The molecule has 0 unspecified atom stereocenters. The molecule has 3 heterocycles. The third-order valence-corrected chi connectivity index (χ3v) is 10.5. The summed E-state index contributed by atoms with van der Waals surface area (Å²) >= 11 is 7.35. The lowest BCUT2D eigenvalue weighted by molar-refractivity contribution is 0.0565. The Morgan fingerprint density at radius 1 is 1.32 bits per heavy atom. The summed E-state index contributed by atoms with van der Waals surface area (Å²) in [6.07, 6.45) is 1.60. The zero-order chi connectivity index (χ0) is 21.3. The van der Waals surface area contributed by atoms with Crippen molar-refractivity contribution >= 4 is 37.6 Å². The van der Waals surface area contributed by atoms with Gasteiger partial charge in [0.1, 0.15) is 0 Å². The number of thiophene rings is 1. The molecule has 5 nitrogen and oxygen atoms in total. The SMILES string of the molecule is CC1(C)c2sc(-c3ccnc(Cl)n3)cc2C(=O)N1CCO.C[SiH](C)C(C)(C)C. The number of aliphatic hydroxyl groups excluding tert-OH is 1. The molecule has 154 valence electrons. The molecule has 1 aliphatic heterocycles. The van der Waals surface area contributed by atoms with Gasteiger partial charge in [0.25, 0.3) is 5.91 Å². The van der Waals surface area contributed by atoms with E-state index in [-0.39, 0.29) is 26.6 Å². The summed E-state index contributed by atoms with van der Waals surface area (Å²) in [7, 11) is -0.359. The number of carbonyl (C=O) groups excluding carboxylic acids is 1. The van der Waals surface area contributed by atoms with E-state index in [9.17, 15) is 4.79 Å². The van der Waals surface area contributed by atoms with Gasteiger partial charge in [0.15, 0.2) is 0 Å². The van der Waals surface area contributed by atoms with Crippen molar-refractivity contribution in [3.05, 3.63) is 34.1 Å². The molecule has 0 radical (unpaired) electrons. The molecule has 8 heteroatoms. The average Bonchev–Trinajstić information content (AvgIpc) is 3.10. The van der Waals surface area contributed by atoms with Crippen molar-refractivity contribution in [1.82, 2.24) is 14.9 Å². The van der Waals surface area contributed by atoms with Crippen LogP contribution in [0.1, 0.15) is 49.9 Å². The molecule has 3 rings (SSSR count). The highest BCUT2D eigenvalue weighted by Crippen LogP contribution is 2.45. The minimum absolute atomic E-state index is 0.0432. The maximum absolute atomic E-state index is 12.5. The Balaban J connectivity index is 0.000000345. The Morgan fingerprint density at radius 3 is 2.39 bits per heavy atom. The van der Waals surface area contributed by atoms with Crippen LogP contribution in [0.25, 0.3) is 10.6 Å². The van der Waals surface area contributed by atoms with E-state index < -0.39 is 5.54 Å². The van der Waals surface area contributed by atoms with Gasteiger partial charge in [-0.2, -0.15) is 0 Å². The Bertz CT molecular complexity index is 846. The molecule has 1 amide bonds. The van der Waals surface area contributed by atoms with Crippen LogP contribution in [0.2, 0.25) is 23.4 Å². The number of halogens is 1. The number of aliphatic hydroxyl groups is 1. The molecular formula is C20H30ClN3O2SSi. The lowest BCUT2D eigenvalue weighted by Gasteiger charge is -2.31. The summed E-state index contributed by atoms with van der Waals surface area (Å²) < 4.78 is 0. The monoisotopic (exact) mass is 439 g/mol. The van der Waals surface area contributed by atoms with E-state index in [0.29, 0.717) is 22.8 Å². The second-order valence-electron chi connectivity index (χ2n) is 8.82. The Kier molecular flexibility index (Phi) is 7.07. The number of amides is 1. The Labute approximate surface area is 178 Å². The van der Waals surface area contributed by atoms with Crippen molar-refractivity contribution in [3.8, 4) is 10.6 Å². The molecule has 1 N–H and O–H groups in total. The molecule has 0 aliphatic carbocycles. The standard InChI is InChI=1S/C14H14ClN3O2S.C6H16Si/c1-14(2)11-8(12(20)18(14)5-6-19)7-10(21-11)9-3-4-16-13(15)17-9;1-6(2,3)7(4)5/h3-4,7,19H,5-6H2,1-2H3;7H,1-5H3. The molecule has 0 aromatic carbocycles. The van der Waals surface area contributed by atoms with E-state index in [1.54, 1.807) is 17.2 Å². The second-order valence-corrected chi connectivity index (χ2v) is 14.3. The number of rotatable bonds is 3. The van der Waals surface area contributed by atoms with Crippen LogP contribution in [0.15, 0.2) is 18.3 Å². The maximum atomic E-state index is 12.5. The van der Waals surface area contributed by atoms with Crippen molar-refractivity contribution in [2.75, 3.05) is 13.2 Å². The minimum atomic E-state index is -0.422. The number of hydrogen-bond acceptors (Lipinski definition) is 5. The van der Waals surface area contributed by atoms with Crippen molar-refractivity contribution in [1.29, 1.82) is 0 Å². The molecule has 0 saturated carbocycles. The number of hydrogen-bond donors (Lipinski definition) is 1. The predicted molar refractivity (Wildman–Crippen MR) is 120 cm³/mol. The summed E-state index contributed by atoms with van der Waals surface area (Å²) in [5.74, 6) is -0.0493. The lowest BCUT2D eigenvalue weighted by Crippen LogP contribution is -2.40. The predicted octanol–water partition coefficient (Wildman–Crippen LogP) is 4.81. The zero-order valence-corrected chi connectivity index (χ0v) is 20.4. The molecule has 0 fully saturated rings. The van der Waals surface area contributed by atoms with Gasteiger partial charge in [0.2, 0.25) is 5.28 Å². The van der Waals surface area contributed by atoms with E-state index in [1.165, 1.54) is 11.3 Å². The smallest absolute Gasteiger partial charge is 0.255 e. The van der Waals surface area contributed by atoms with Crippen LogP contribution in [0.3, 0.4) is 0 Å². The molecule has 0 atom stereocenters. The Morgan fingerprint density at radius 2 is 1.93 bits per heavy atom. The van der Waals surface area contributed by atoms with Gasteiger partial charge in [-0.1, -0.05) is 33.9 Å². The van der Waals surface area contributed by atoms with Gasteiger partial charge in [-0.05, 0) is 42.6 Å². The number of nitrogens with zero attached hydrogens (tertiary/aromatic N) is 3. The number of carbonyl (C=O) groups is 1. The summed E-state index contributed by atoms with van der Waals surface area (Å²) in [5, 5.41) is 9.96. The van der Waals surface area contributed by atoms with Crippen LogP contribution in [0.5, 0.6) is 0 Å². The van der Waals surface area contributed by atoms with Crippen LogP contribution in [-0.2, 0) is 5.54 Å². The third kappa shape index (κ3) is 4.82. The first-order valence-corrected chi connectivity index (χ1v) is 13.5. The first-order chi connectivity index (χ1) is 12.9. The first-order valence-electron chi connectivity index (χ1n) is 9.45. The summed E-state index contributed by atoms with van der Waals surface area (Å²) in [5.41, 5.74) is 0.976. The maximum Gasteiger partial charge on any atom is 0.255 e. The van der Waals surface area contributed by atoms with Gasteiger partial charge < -0.3 is 10.0 Å². The normalized spacial score (nSPS) is 15.5. The van der Waals surface area contributed by atoms with Crippen LogP contribution < -0.4 is 0 Å². The van der Waals surface area contributed by atoms with E-state index in [2.05, 4.69) is 43.8 Å². The highest BCUT2D eigenvalue weighted by Gasteiger charge is 2.44. The van der Waals surface area contributed by atoms with Crippen LogP contribution >= 0.6 is 22.9 Å². The van der Waals surface area contributed by atoms with Crippen molar-refractivity contribution in [2.24, 2.45) is 0 Å². The minimum Gasteiger partial charge on any atom is -0.395 e. The van der Waals surface area contributed by atoms with E-state index in [0.717, 1.165) is 9.75 Å². The molecule has 2 aromatic rings. The molecule has 1 aliphatic rings. The first kappa shape index (κ1) is 23.0. The fourth-order valence-corrected chi connectivity index (χ4v) is 3.98. The fourth-order valence-electron chi connectivity index (χ4n) is 2.61. The van der Waals surface area contributed by atoms with Crippen molar-refractivity contribution in [2.45, 2.75) is 58.3 Å². The molecule has 28 heavy (non-hydrogen) atoms. The van der Waals surface area contributed by atoms with Gasteiger partial charge in [0, 0.05) is 26.4 Å². The molecule has 0 spiro atoms. The van der Waals surface area contributed by atoms with Crippen LogP contribution in [0, 0.1) is 0 Å². The van der Waals surface area contributed by atoms with Gasteiger partial charge in [-0.25, -0.2) is 9.97 Å². The molecule has 0 saturated heterocycles. The highest BCUT2D eigenvalue weighted by molar-refractivity contribution is 7.16. The Hall–Kier alpha value is -1.28. The summed E-state index contributed by atoms with van der Waals surface area (Å²) in [6, 6.07) is 3.62. The number of β-amino-alcohol motifs (C(OH)–C–C–N with tert-alkyl or cyclic N) is 1. The van der Waals surface area contributed by atoms with Crippen LogP contribution in [-0.4, -0.2) is 47.8 Å². The summed E-state index contributed by atoms with van der Waals surface area (Å²) in [6.45, 7) is 16.0. The van der Waals surface area contributed by atoms with E-state index in [4.69, 9.17) is 16.7 Å². The second kappa shape index (κ2) is 8.61. The van der Waals surface area contributed by atoms with E-state index >= 15 is 0 Å². The van der Waals surface area contributed by atoms with Crippen molar-refractivity contribution < 1.29 is 9.90 Å². The van der Waals surface area contributed by atoms with Gasteiger partial charge >= 0.3 is 0 Å². The fraction of sp³-hybridized carbons (Fsp3) is 0.550. The molecule has 0 bridgehead atoms. The highest BCUT2D eigenvalue weighted by atomic mass is 35.5. The number of fused-ring (bicyclic) bond motifs is 1. The topological polar surface area (TPSA) is 66.3 Å².